The third-order valence-corrected chi connectivity index (χ3v) is 3.49. The Bertz CT molecular complexity index is 424. The third-order valence-electron chi connectivity index (χ3n) is 3.49. The first-order valence-electron chi connectivity index (χ1n) is 7.73. The number of hydrogen-bond donors (Lipinski definition) is 2. The second-order valence-electron chi connectivity index (χ2n) is 5.91. The summed E-state index contributed by atoms with van der Waals surface area (Å²) in [4.78, 5) is 19.2. The van der Waals surface area contributed by atoms with Gasteiger partial charge in [0.2, 0.25) is 0 Å². The second kappa shape index (κ2) is 15.9. The summed E-state index contributed by atoms with van der Waals surface area (Å²) in [7, 11) is 0. The fourth-order valence-electron chi connectivity index (χ4n) is 1.83. The van der Waals surface area contributed by atoms with E-state index in [0.29, 0.717) is 12.8 Å². The molecule has 0 heterocycles. The number of carbonyl (C=O) groups is 2. The van der Waals surface area contributed by atoms with Crippen LogP contribution in [0, 0.1) is 11.5 Å². The molecule has 0 radical (unpaired) electrons. The molecule has 1 rings (SSSR count). The van der Waals surface area contributed by atoms with Gasteiger partial charge in [0.25, 0.3) is 0 Å². The number of halogens is 1. The zero-order valence-corrected chi connectivity index (χ0v) is 18.3. The van der Waals surface area contributed by atoms with Crippen molar-refractivity contribution in [2.45, 2.75) is 74.1 Å². The van der Waals surface area contributed by atoms with Crippen LogP contribution in [0.1, 0.15) is 74.1 Å². The van der Waals surface area contributed by atoms with Crippen molar-refractivity contribution in [3.63, 3.8) is 0 Å². The van der Waals surface area contributed by atoms with Crippen LogP contribution in [0.3, 0.4) is 0 Å². The van der Waals surface area contributed by atoms with Gasteiger partial charge in [-0.15, -0.1) is 19.3 Å². The molecule has 0 bridgehead atoms. The predicted octanol–water partition coefficient (Wildman–Crippen LogP) is 5.27. The summed E-state index contributed by atoms with van der Waals surface area (Å²) in [6, 6.07) is 0. The number of aliphatic carboxylic acids is 2. The number of rotatable bonds is 4. The standard InChI is InChI=1S/C10H15.2C4H8O2.ClH.Ti/c1-7-6-10(4,5)9(3)8(7)2;2*1-2-3-4(5)6;;/h1-5H3;2*2-3H2,1H3,(H,5,6);1H;/q-1;;;;. The van der Waals surface area contributed by atoms with Gasteiger partial charge < -0.3 is 10.2 Å². The monoisotopic (exact) mass is 395 g/mol. The van der Waals surface area contributed by atoms with Gasteiger partial charge in [-0.2, -0.15) is 11.1 Å². The Labute approximate surface area is 168 Å². The van der Waals surface area contributed by atoms with Gasteiger partial charge in [0.15, 0.2) is 0 Å². The predicted molar refractivity (Wildman–Crippen MR) is 96.9 cm³/mol. The molecule has 0 aromatic rings. The fraction of sp³-hybridized carbons (Fsp3) is 0.667. The molecule has 2 N–H and O–H groups in total. The van der Waals surface area contributed by atoms with Crippen LogP contribution in [-0.4, -0.2) is 22.2 Å². The van der Waals surface area contributed by atoms with E-state index in [9.17, 15) is 9.59 Å². The van der Waals surface area contributed by atoms with Crippen LogP contribution in [0.15, 0.2) is 16.7 Å². The Morgan fingerprint density at radius 1 is 0.958 bits per heavy atom. The molecule has 0 aromatic carbocycles. The average molecular weight is 396 g/mol. The minimum absolute atomic E-state index is 0. The SMILES string of the molecule is CC1=[C-]C(C)(C)C(C)=C1C.CCCC(=O)O.CCCC(=O)O.Cl.[Ti]. The average Bonchev–Trinajstić information content (AvgIpc) is 2.53. The molecule has 0 unspecified atom stereocenters. The molecule has 1 aliphatic rings. The maximum atomic E-state index is 9.60. The van der Waals surface area contributed by atoms with Gasteiger partial charge in [-0.25, -0.2) is 5.57 Å². The Hall–Kier alpha value is -0.576. The van der Waals surface area contributed by atoms with Gasteiger partial charge in [-0.1, -0.05) is 47.0 Å². The molecule has 0 atom stereocenters. The number of carboxylic acids is 2. The molecule has 4 nitrogen and oxygen atoms in total. The minimum atomic E-state index is -0.711. The number of allylic oxidation sites excluding steroid dienone is 4. The zero-order chi connectivity index (χ0) is 17.9. The number of carboxylic acid groups (broad SMARTS) is 2. The van der Waals surface area contributed by atoms with Crippen molar-refractivity contribution < 1.29 is 41.5 Å². The molecule has 0 amide bonds. The smallest absolute Gasteiger partial charge is 0.303 e. The molecule has 0 aromatic heterocycles. The Balaban J connectivity index is -0.000000127. The molecule has 24 heavy (non-hydrogen) atoms. The summed E-state index contributed by atoms with van der Waals surface area (Å²) in [6.45, 7) is 14.6. The van der Waals surface area contributed by atoms with E-state index in [-0.39, 0.29) is 39.5 Å². The first kappa shape index (κ1) is 31.2. The summed E-state index contributed by atoms with van der Waals surface area (Å²) in [5.74, 6) is -1.42. The van der Waals surface area contributed by atoms with E-state index in [1.54, 1.807) is 0 Å². The Morgan fingerprint density at radius 2 is 1.29 bits per heavy atom. The summed E-state index contributed by atoms with van der Waals surface area (Å²) in [6.07, 6.45) is 5.48. The molecule has 140 valence electrons. The van der Waals surface area contributed by atoms with Crippen molar-refractivity contribution in [2.24, 2.45) is 5.41 Å². The maximum Gasteiger partial charge on any atom is 0.303 e. The van der Waals surface area contributed by atoms with E-state index in [0.717, 1.165) is 12.8 Å². The van der Waals surface area contributed by atoms with Crippen LogP contribution in [0.4, 0.5) is 0 Å². The molecule has 0 saturated carbocycles. The molecule has 0 saturated heterocycles. The second-order valence-corrected chi connectivity index (χ2v) is 5.91. The maximum absolute atomic E-state index is 9.60. The van der Waals surface area contributed by atoms with Gasteiger partial charge in [0, 0.05) is 34.6 Å². The van der Waals surface area contributed by atoms with Crippen LogP contribution >= 0.6 is 12.4 Å². The molecular weight excluding hydrogens is 364 g/mol. The summed E-state index contributed by atoms with van der Waals surface area (Å²) >= 11 is 0. The van der Waals surface area contributed by atoms with E-state index in [1.807, 2.05) is 13.8 Å². The molecule has 0 aliphatic heterocycles. The van der Waals surface area contributed by atoms with Crippen molar-refractivity contribution >= 4 is 24.3 Å². The largest absolute Gasteiger partial charge is 0.481 e. The summed E-state index contributed by atoms with van der Waals surface area (Å²) < 4.78 is 0. The van der Waals surface area contributed by atoms with Crippen molar-refractivity contribution in [1.29, 1.82) is 0 Å². The van der Waals surface area contributed by atoms with E-state index in [1.165, 1.54) is 16.7 Å². The number of hydrogen-bond acceptors (Lipinski definition) is 2. The zero-order valence-electron chi connectivity index (χ0n) is 15.9. The molecule has 0 spiro atoms. The topological polar surface area (TPSA) is 74.6 Å². The summed E-state index contributed by atoms with van der Waals surface area (Å²) in [5, 5.41) is 15.8. The van der Waals surface area contributed by atoms with Crippen LogP contribution in [0.25, 0.3) is 0 Å². The van der Waals surface area contributed by atoms with Crippen molar-refractivity contribution in [3.8, 4) is 0 Å². The van der Waals surface area contributed by atoms with E-state index >= 15 is 0 Å². The normalized spacial score (nSPS) is 13.9. The molecule has 6 heteroatoms. The van der Waals surface area contributed by atoms with Gasteiger partial charge in [-0.3, -0.25) is 15.7 Å². The quantitative estimate of drug-likeness (QED) is 0.502. The van der Waals surface area contributed by atoms with Crippen LogP contribution in [-0.2, 0) is 31.3 Å². The molecule has 0 fully saturated rings. The van der Waals surface area contributed by atoms with Crippen molar-refractivity contribution in [2.75, 3.05) is 0 Å². The van der Waals surface area contributed by atoms with Gasteiger partial charge in [0.1, 0.15) is 0 Å². The fourth-order valence-corrected chi connectivity index (χ4v) is 1.83. The van der Waals surface area contributed by atoms with E-state index in [2.05, 4.69) is 40.7 Å². The van der Waals surface area contributed by atoms with Crippen molar-refractivity contribution in [1.82, 2.24) is 0 Å². The van der Waals surface area contributed by atoms with Crippen LogP contribution < -0.4 is 0 Å². The van der Waals surface area contributed by atoms with Crippen LogP contribution in [0.5, 0.6) is 0 Å². The molecule has 1 aliphatic carbocycles. The van der Waals surface area contributed by atoms with Gasteiger partial charge in [0.05, 0.1) is 0 Å². The van der Waals surface area contributed by atoms with Crippen molar-refractivity contribution in [3.05, 3.63) is 22.8 Å². The van der Waals surface area contributed by atoms with Gasteiger partial charge >= 0.3 is 11.9 Å². The van der Waals surface area contributed by atoms with E-state index < -0.39 is 11.9 Å². The van der Waals surface area contributed by atoms with Crippen LogP contribution in [0.2, 0.25) is 0 Å². The summed E-state index contributed by atoms with van der Waals surface area (Å²) in [5.41, 5.74) is 4.39. The third kappa shape index (κ3) is 15.0. The molecular formula is C18H32ClO4Ti-. The minimum Gasteiger partial charge on any atom is -0.481 e. The van der Waals surface area contributed by atoms with Gasteiger partial charge in [-0.05, 0) is 12.8 Å². The Kier molecular flexibility index (Phi) is 20.7. The van der Waals surface area contributed by atoms with E-state index in [4.69, 9.17) is 10.2 Å². The first-order valence-corrected chi connectivity index (χ1v) is 7.73. The Morgan fingerprint density at radius 3 is 1.33 bits per heavy atom. The first-order chi connectivity index (χ1) is 9.99.